The molecule has 0 aromatic rings. The molecule has 6 rings (SSSR count). The Morgan fingerprint density at radius 3 is 1.52 bits per heavy atom. The lowest BCUT2D eigenvalue weighted by Gasteiger charge is -2.67. The average molecular weight is 488 g/mol. The summed E-state index contributed by atoms with van der Waals surface area (Å²) in [6, 6.07) is 0. The molecule has 6 aliphatic rings. The molecule has 31 heavy (non-hydrogen) atoms. The highest BCUT2D eigenvalue weighted by Crippen LogP contribution is 2.84. The summed E-state index contributed by atoms with van der Waals surface area (Å²) in [5.74, 6) is 0.580. The van der Waals surface area contributed by atoms with E-state index in [1.54, 1.807) is 0 Å². The number of hydrogen-bond donors (Lipinski definition) is 0. The molecule has 2 nitrogen and oxygen atoms in total. The van der Waals surface area contributed by atoms with Crippen molar-refractivity contribution < 1.29 is 31.1 Å². The van der Waals surface area contributed by atoms with Crippen LogP contribution in [0.5, 0.6) is 0 Å². The van der Waals surface area contributed by atoms with Crippen LogP contribution >= 0.6 is 23.9 Å². The van der Waals surface area contributed by atoms with E-state index in [2.05, 4.69) is 0 Å². The van der Waals surface area contributed by atoms with Gasteiger partial charge in [-0.05, 0) is 68.2 Å². The van der Waals surface area contributed by atoms with Gasteiger partial charge in [-0.1, -0.05) is 39.6 Å². The average Bonchev–Trinajstić information content (AvgIpc) is 3.01. The first-order valence-electron chi connectivity index (χ1n) is 10.8. The summed E-state index contributed by atoms with van der Waals surface area (Å²) in [4.78, 5) is 12.9. The van der Waals surface area contributed by atoms with Gasteiger partial charge in [0.2, 0.25) is 4.75 Å². The lowest BCUT2D eigenvalue weighted by atomic mass is 9.42. The molecule has 6 fully saturated rings. The molecule has 0 atom stereocenters. The van der Waals surface area contributed by atoms with Crippen molar-refractivity contribution in [1.29, 1.82) is 0 Å². The molecule has 0 aromatic heterocycles. The standard InChI is InChI=1S/C21H27F6NOS2/c1-15(2)14(29)16(3,4)18(15)19(20(22,23)24,21(25,26)27)31-28(30-18)17-8-11-5-12(9-17)7-13(6-11)10-17/h11-13H,5-10H2,1-4H3. The lowest BCUT2D eigenvalue weighted by molar-refractivity contribution is -0.294. The van der Waals surface area contributed by atoms with Crippen molar-refractivity contribution in [3.8, 4) is 0 Å². The monoisotopic (exact) mass is 487 g/mol. The van der Waals surface area contributed by atoms with Gasteiger partial charge in [0.25, 0.3) is 0 Å². The molecular weight excluding hydrogens is 460 g/mol. The SMILES string of the molecule is CC1(C)C(=O)C(C)(C)C12SN(C13CC4CC(CC(C4)C1)C3)SC2(C(F)(F)F)C(F)(F)F. The van der Waals surface area contributed by atoms with E-state index in [4.69, 9.17) is 0 Å². The number of rotatable bonds is 1. The molecule has 10 heteroatoms. The summed E-state index contributed by atoms with van der Waals surface area (Å²) in [5.41, 5.74) is -4.20. The summed E-state index contributed by atoms with van der Waals surface area (Å²) in [5, 5.41) is 0. The van der Waals surface area contributed by atoms with E-state index >= 15 is 0 Å². The van der Waals surface area contributed by atoms with Gasteiger partial charge in [-0.2, -0.15) is 30.1 Å². The molecule has 4 bridgehead atoms. The number of alkyl halides is 6. The number of carbonyl (C=O) groups excluding carboxylic acids is 1. The van der Waals surface area contributed by atoms with Gasteiger partial charge in [0.1, 0.15) is 5.78 Å². The van der Waals surface area contributed by atoms with Gasteiger partial charge in [0, 0.05) is 16.4 Å². The van der Waals surface area contributed by atoms with Crippen molar-refractivity contribution in [3.63, 3.8) is 0 Å². The van der Waals surface area contributed by atoms with Crippen molar-refractivity contribution in [2.24, 2.45) is 28.6 Å². The van der Waals surface area contributed by atoms with Crippen molar-refractivity contribution in [3.05, 3.63) is 0 Å². The van der Waals surface area contributed by atoms with Crippen LogP contribution < -0.4 is 0 Å². The second-order valence-corrected chi connectivity index (χ2v) is 14.1. The number of Topliss-reactive ketones (excluding diaryl/α,β-unsaturated/α-hetero) is 1. The smallest absolute Gasteiger partial charge is 0.298 e. The van der Waals surface area contributed by atoms with E-state index in [0.29, 0.717) is 49.0 Å². The van der Waals surface area contributed by atoms with E-state index in [9.17, 15) is 31.1 Å². The molecule has 0 aromatic carbocycles. The first-order valence-corrected chi connectivity index (χ1v) is 12.4. The highest BCUT2D eigenvalue weighted by molar-refractivity contribution is 8.17. The molecule has 0 unspecified atom stereocenters. The Labute approximate surface area is 186 Å². The number of carbonyl (C=O) groups is 1. The molecule has 0 N–H and O–H groups in total. The summed E-state index contributed by atoms with van der Waals surface area (Å²) >= 11 is 0.646. The topological polar surface area (TPSA) is 20.3 Å². The van der Waals surface area contributed by atoms with Gasteiger partial charge < -0.3 is 0 Å². The summed E-state index contributed by atoms with van der Waals surface area (Å²) in [6.07, 6.45) is -6.07. The predicted molar refractivity (Wildman–Crippen MR) is 108 cm³/mol. The van der Waals surface area contributed by atoms with Crippen LogP contribution in [-0.2, 0) is 4.79 Å². The normalized spacial score (nSPS) is 42.3. The van der Waals surface area contributed by atoms with Crippen molar-refractivity contribution in [2.45, 2.75) is 93.6 Å². The Morgan fingerprint density at radius 1 is 0.774 bits per heavy atom. The molecule has 0 radical (unpaired) electrons. The first-order chi connectivity index (χ1) is 14.0. The molecular formula is C21H27F6NOS2. The van der Waals surface area contributed by atoms with Crippen molar-refractivity contribution in [2.75, 3.05) is 0 Å². The molecule has 1 heterocycles. The van der Waals surface area contributed by atoms with E-state index in [0.717, 1.165) is 19.3 Å². The van der Waals surface area contributed by atoms with Crippen LogP contribution in [-0.4, -0.2) is 36.9 Å². The summed E-state index contributed by atoms with van der Waals surface area (Å²) < 4.78 is 83.2. The molecule has 0 amide bonds. The Hall–Kier alpha value is -0.0900. The van der Waals surface area contributed by atoms with Crippen LogP contribution in [0.1, 0.15) is 66.2 Å². The number of hydrogen-bond acceptors (Lipinski definition) is 4. The zero-order valence-electron chi connectivity index (χ0n) is 17.9. The van der Waals surface area contributed by atoms with Crippen molar-refractivity contribution in [1.82, 2.24) is 3.71 Å². The second kappa shape index (κ2) is 5.93. The van der Waals surface area contributed by atoms with Crippen LogP contribution in [0.4, 0.5) is 26.3 Å². The van der Waals surface area contributed by atoms with Gasteiger partial charge in [-0.25, -0.2) is 0 Å². The van der Waals surface area contributed by atoms with Crippen LogP contribution in [0.25, 0.3) is 0 Å². The van der Waals surface area contributed by atoms with Crippen molar-refractivity contribution >= 4 is 29.7 Å². The number of nitrogens with zero attached hydrogens (tertiary/aromatic N) is 1. The molecule has 1 aliphatic heterocycles. The van der Waals surface area contributed by atoms with Crippen LogP contribution in [0, 0.1) is 28.6 Å². The van der Waals surface area contributed by atoms with Gasteiger partial charge in [-0.3, -0.25) is 4.79 Å². The maximum Gasteiger partial charge on any atom is 0.414 e. The molecule has 1 spiro atoms. The third-order valence-electron chi connectivity index (χ3n) is 9.02. The highest BCUT2D eigenvalue weighted by atomic mass is 32.2. The Kier molecular flexibility index (Phi) is 4.34. The molecule has 5 aliphatic carbocycles. The maximum atomic E-state index is 14.7. The second-order valence-electron chi connectivity index (χ2n) is 11.5. The predicted octanol–water partition coefficient (Wildman–Crippen LogP) is 6.80. The molecule has 176 valence electrons. The quantitative estimate of drug-likeness (QED) is 0.299. The van der Waals surface area contributed by atoms with E-state index < -0.39 is 44.0 Å². The molecule has 5 saturated carbocycles. The van der Waals surface area contributed by atoms with Crippen LogP contribution in [0.2, 0.25) is 0 Å². The van der Waals surface area contributed by atoms with E-state index in [1.165, 1.54) is 31.4 Å². The Balaban J connectivity index is 1.70. The third kappa shape index (κ3) is 2.33. The maximum absolute atomic E-state index is 14.7. The fraction of sp³-hybridized carbons (Fsp3) is 0.952. The fourth-order valence-electron chi connectivity index (χ4n) is 8.47. The minimum Gasteiger partial charge on any atom is -0.298 e. The lowest BCUT2D eigenvalue weighted by Crippen LogP contribution is -2.84. The Bertz CT molecular complexity index is 765. The van der Waals surface area contributed by atoms with Gasteiger partial charge >= 0.3 is 12.4 Å². The zero-order chi connectivity index (χ0) is 23.0. The largest absolute Gasteiger partial charge is 0.414 e. The minimum atomic E-state index is -5.56. The number of halogens is 6. The fourth-order valence-corrected chi connectivity index (χ4v) is 12.7. The summed E-state index contributed by atoms with van der Waals surface area (Å²) in [6.45, 7) is 5.07. The van der Waals surface area contributed by atoms with Crippen LogP contribution in [0.3, 0.4) is 0 Å². The first kappa shape index (κ1) is 22.7. The molecule has 1 saturated heterocycles. The highest BCUT2D eigenvalue weighted by Gasteiger charge is 2.95. The van der Waals surface area contributed by atoms with Crippen LogP contribution in [0.15, 0.2) is 0 Å². The van der Waals surface area contributed by atoms with Gasteiger partial charge in [-0.15, -0.1) is 0 Å². The van der Waals surface area contributed by atoms with Gasteiger partial charge in [0.15, 0.2) is 0 Å². The van der Waals surface area contributed by atoms with E-state index in [-0.39, 0.29) is 11.9 Å². The zero-order valence-corrected chi connectivity index (χ0v) is 19.5. The van der Waals surface area contributed by atoms with Gasteiger partial charge in [0.05, 0.1) is 4.75 Å². The minimum absolute atomic E-state index is 0.0561. The third-order valence-corrected chi connectivity index (χ3v) is 13.3. The number of ketones is 1. The summed E-state index contributed by atoms with van der Waals surface area (Å²) in [7, 11) is 0. The van der Waals surface area contributed by atoms with E-state index in [1.807, 2.05) is 0 Å². The Morgan fingerprint density at radius 2 is 1.16 bits per heavy atom.